The average Bonchev–Trinajstić information content (AvgIpc) is 3.50. The van der Waals surface area contributed by atoms with Crippen LogP contribution in [-0.2, 0) is 17.2 Å². The lowest BCUT2D eigenvalue weighted by atomic mass is 9.94. The van der Waals surface area contributed by atoms with E-state index in [1.807, 2.05) is 74.5 Å². The summed E-state index contributed by atoms with van der Waals surface area (Å²) in [6.45, 7) is 6.60. The molecule has 49 heavy (non-hydrogen) atoms. The van der Waals surface area contributed by atoms with Crippen molar-refractivity contribution in [3.05, 3.63) is 128 Å². The first-order valence-electron chi connectivity index (χ1n) is 15.6. The highest BCUT2D eigenvalue weighted by Gasteiger charge is 2.36. The van der Waals surface area contributed by atoms with Gasteiger partial charge in [-0.15, -0.1) is 5.10 Å². The standard InChI is InChI=1S/C37H35BrClN5O4S/c1-5-47-31-19-26(18-27(38)34(31)48-20-24-16-14-22(2)15-17-24)33-32(35(45)41-29-12-8-9-13-30(29)46-4)23(3)40-36-42-37(43-44(33)36)49-21-25-10-6-7-11-28(25)39/h6-19,33H,5,20-21H2,1-4H3,(H,41,45)(H,40,42,43). The van der Waals surface area contributed by atoms with Crippen LogP contribution in [0.15, 0.2) is 106 Å². The van der Waals surface area contributed by atoms with Gasteiger partial charge >= 0.3 is 0 Å². The largest absolute Gasteiger partial charge is 0.495 e. The van der Waals surface area contributed by atoms with Gasteiger partial charge < -0.3 is 24.8 Å². The SMILES string of the molecule is CCOc1cc(C2C(C(=O)Nc3ccccc3OC)=C(C)Nc3nc(SCc4ccccc4Cl)nn32)cc(Br)c1OCc1ccc(C)cc1. The number of para-hydroxylation sites is 2. The topological polar surface area (TPSA) is 99.5 Å². The smallest absolute Gasteiger partial charge is 0.255 e. The van der Waals surface area contributed by atoms with Gasteiger partial charge in [-0.25, -0.2) is 4.68 Å². The minimum atomic E-state index is -0.672. The van der Waals surface area contributed by atoms with E-state index in [2.05, 4.69) is 45.6 Å². The third-order valence-corrected chi connectivity index (χ3v) is 9.74. The minimum absolute atomic E-state index is 0.320. The number of hydrogen-bond donors (Lipinski definition) is 2. The number of nitrogens with zero attached hydrogens (tertiary/aromatic N) is 3. The number of fused-ring (bicyclic) bond motifs is 1. The maximum Gasteiger partial charge on any atom is 0.255 e. The molecule has 5 aromatic rings. The first-order valence-corrected chi connectivity index (χ1v) is 17.8. The molecule has 0 bridgehead atoms. The van der Waals surface area contributed by atoms with Crippen molar-refractivity contribution in [1.29, 1.82) is 0 Å². The number of ether oxygens (including phenoxy) is 3. The Hall–Kier alpha value is -4.45. The molecule has 0 saturated heterocycles. The number of aryl methyl sites for hydroxylation is 1. The fraction of sp³-hybridized carbons (Fsp3) is 0.216. The summed E-state index contributed by atoms with van der Waals surface area (Å²) in [5.74, 6) is 2.41. The molecule has 1 unspecified atom stereocenters. The molecule has 1 aliphatic rings. The van der Waals surface area contributed by atoms with Crippen LogP contribution in [0.1, 0.15) is 42.1 Å². The third-order valence-electron chi connectivity index (χ3n) is 7.90. The number of rotatable bonds is 12. The maximum absolute atomic E-state index is 14.2. The van der Waals surface area contributed by atoms with Crippen LogP contribution in [0, 0.1) is 6.92 Å². The Morgan fingerprint density at radius 2 is 1.78 bits per heavy atom. The molecule has 0 fully saturated rings. The number of allylic oxidation sites excluding steroid dienone is 1. The highest BCUT2D eigenvalue weighted by molar-refractivity contribution is 9.10. The highest BCUT2D eigenvalue weighted by Crippen LogP contribution is 2.44. The summed E-state index contributed by atoms with van der Waals surface area (Å²) in [7, 11) is 1.57. The van der Waals surface area contributed by atoms with Crippen molar-refractivity contribution in [3.63, 3.8) is 0 Å². The number of methoxy groups -OCH3 is 1. The average molecular weight is 761 g/mol. The minimum Gasteiger partial charge on any atom is -0.495 e. The van der Waals surface area contributed by atoms with Crippen molar-refractivity contribution in [1.82, 2.24) is 14.8 Å². The Morgan fingerprint density at radius 3 is 2.53 bits per heavy atom. The lowest BCUT2D eigenvalue weighted by molar-refractivity contribution is -0.113. The summed E-state index contributed by atoms with van der Waals surface area (Å²) in [6.07, 6.45) is 0. The Bertz CT molecular complexity index is 2020. The van der Waals surface area contributed by atoms with Gasteiger partial charge in [-0.2, -0.15) is 4.98 Å². The lowest BCUT2D eigenvalue weighted by Crippen LogP contribution is -2.31. The molecule has 6 rings (SSSR count). The Balaban J connectivity index is 1.39. The molecule has 12 heteroatoms. The van der Waals surface area contributed by atoms with Gasteiger partial charge in [0.1, 0.15) is 18.4 Å². The van der Waals surface area contributed by atoms with E-state index >= 15 is 0 Å². The molecule has 1 aromatic heterocycles. The predicted molar refractivity (Wildman–Crippen MR) is 198 cm³/mol. The molecule has 1 amide bonds. The summed E-state index contributed by atoms with van der Waals surface area (Å²) < 4.78 is 20.4. The van der Waals surface area contributed by atoms with Crippen molar-refractivity contribution < 1.29 is 19.0 Å². The van der Waals surface area contributed by atoms with Crippen LogP contribution in [0.5, 0.6) is 17.2 Å². The van der Waals surface area contributed by atoms with Crippen LogP contribution < -0.4 is 24.8 Å². The molecular formula is C37H35BrClN5O4S. The molecule has 1 aliphatic heterocycles. The number of hydrogen-bond acceptors (Lipinski definition) is 8. The van der Waals surface area contributed by atoms with E-state index in [1.165, 1.54) is 17.3 Å². The number of nitrogens with one attached hydrogen (secondary N) is 2. The van der Waals surface area contributed by atoms with E-state index in [-0.39, 0.29) is 5.91 Å². The summed E-state index contributed by atoms with van der Waals surface area (Å²) in [4.78, 5) is 19.0. The maximum atomic E-state index is 14.2. The van der Waals surface area contributed by atoms with E-state index < -0.39 is 6.04 Å². The van der Waals surface area contributed by atoms with Crippen LogP contribution >= 0.6 is 39.3 Å². The molecule has 2 heterocycles. The van der Waals surface area contributed by atoms with Crippen molar-refractivity contribution in [2.45, 2.75) is 44.3 Å². The van der Waals surface area contributed by atoms with Crippen LogP contribution in [0.4, 0.5) is 11.6 Å². The highest BCUT2D eigenvalue weighted by atomic mass is 79.9. The van der Waals surface area contributed by atoms with Gasteiger partial charge in [-0.05, 0) is 83.7 Å². The third kappa shape index (κ3) is 7.74. The van der Waals surface area contributed by atoms with E-state index in [0.29, 0.717) is 73.8 Å². The van der Waals surface area contributed by atoms with Crippen LogP contribution in [0.25, 0.3) is 0 Å². The molecule has 2 N–H and O–H groups in total. The summed E-state index contributed by atoms with van der Waals surface area (Å²) in [5, 5.41) is 12.5. The lowest BCUT2D eigenvalue weighted by Gasteiger charge is -2.29. The van der Waals surface area contributed by atoms with Crippen molar-refractivity contribution in [2.24, 2.45) is 0 Å². The van der Waals surface area contributed by atoms with Crippen molar-refractivity contribution in [3.8, 4) is 17.2 Å². The Morgan fingerprint density at radius 1 is 1.02 bits per heavy atom. The van der Waals surface area contributed by atoms with E-state index in [1.54, 1.807) is 23.9 Å². The number of benzene rings is 4. The van der Waals surface area contributed by atoms with Crippen molar-refractivity contribution >= 4 is 56.8 Å². The molecule has 4 aromatic carbocycles. The van der Waals surface area contributed by atoms with Gasteiger partial charge in [0.15, 0.2) is 11.5 Å². The quantitative estimate of drug-likeness (QED) is 0.122. The van der Waals surface area contributed by atoms with Crippen molar-refractivity contribution in [2.75, 3.05) is 24.4 Å². The predicted octanol–water partition coefficient (Wildman–Crippen LogP) is 9.21. The number of aromatic nitrogens is 3. The fourth-order valence-corrected chi connectivity index (χ4v) is 7.17. The number of anilines is 2. The zero-order chi connectivity index (χ0) is 34.5. The molecule has 0 radical (unpaired) electrons. The number of thioether (sulfide) groups is 1. The molecular weight excluding hydrogens is 726 g/mol. The van der Waals surface area contributed by atoms with E-state index in [9.17, 15) is 4.79 Å². The van der Waals surface area contributed by atoms with Crippen LogP contribution in [0.2, 0.25) is 5.02 Å². The summed E-state index contributed by atoms with van der Waals surface area (Å²) >= 11 is 11.6. The summed E-state index contributed by atoms with van der Waals surface area (Å²) in [5.41, 5.74) is 5.57. The number of halogens is 2. The normalized spacial score (nSPS) is 13.8. The molecule has 252 valence electrons. The van der Waals surface area contributed by atoms with E-state index in [0.717, 1.165) is 16.7 Å². The fourth-order valence-electron chi connectivity index (χ4n) is 5.48. The first kappa shape index (κ1) is 34.4. The second kappa shape index (κ2) is 15.4. The Kier molecular flexibility index (Phi) is 10.8. The number of carbonyl (C=O) groups excluding carboxylic acids is 1. The van der Waals surface area contributed by atoms with Crippen LogP contribution in [0.3, 0.4) is 0 Å². The van der Waals surface area contributed by atoms with Gasteiger partial charge in [0.25, 0.3) is 5.91 Å². The monoisotopic (exact) mass is 759 g/mol. The molecule has 9 nitrogen and oxygen atoms in total. The molecule has 0 spiro atoms. The molecule has 0 aliphatic carbocycles. The number of carbonyl (C=O) groups is 1. The zero-order valence-electron chi connectivity index (χ0n) is 27.4. The van der Waals surface area contributed by atoms with Gasteiger partial charge in [0.05, 0.1) is 29.4 Å². The Labute approximate surface area is 303 Å². The first-order chi connectivity index (χ1) is 23.7. The second-order valence-corrected chi connectivity index (χ2v) is 13.5. The summed E-state index contributed by atoms with van der Waals surface area (Å²) in [6, 6.07) is 26.4. The second-order valence-electron chi connectivity index (χ2n) is 11.3. The van der Waals surface area contributed by atoms with Gasteiger partial charge in [0.2, 0.25) is 11.1 Å². The number of amides is 1. The molecule has 0 saturated carbocycles. The zero-order valence-corrected chi connectivity index (χ0v) is 30.6. The van der Waals surface area contributed by atoms with Gasteiger partial charge in [0, 0.05) is 16.5 Å². The van der Waals surface area contributed by atoms with Gasteiger partial charge in [-0.1, -0.05) is 83.5 Å². The van der Waals surface area contributed by atoms with Gasteiger partial charge in [-0.3, -0.25) is 4.79 Å². The van der Waals surface area contributed by atoms with Crippen LogP contribution in [-0.4, -0.2) is 34.4 Å². The molecule has 1 atom stereocenters. The van der Waals surface area contributed by atoms with E-state index in [4.69, 9.17) is 35.9 Å².